The Bertz CT molecular complexity index is 584. The fourth-order valence-electron chi connectivity index (χ4n) is 2.50. The van der Waals surface area contributed by atoms with Crippen LogP contribution in [0.15, 0.2) is 24.5 Å². The summed E-state index contributed by atoms with van der Waals surface area (Å²) in [6.45, 7) is 1.73. The van der Waals surface area contributed by atoms with E-state index in [1.54, 1.807) is 6.33 Å². The smallest absolute Gasteiger partial charge is 0.139 e. The van der Waals surface area contributed by atoms with Gasteiger partial charge in [0, 0.05) is 30.6 Å². The molecular formula is C14H16ClN3O. The lowest BCUT2D eigenvalue weighted by molar-refractivity contribution is 0.116. The average Bonchev–Trinajstić information content (AvgIpc) is 2.90. The molecule has 1 atom stereocenters. The third-order valence-electron chi connectivity index (χ3n) is 3.44. The van der Waals surface area contributed by atoms with E-state index < -0.39 is 0 Å². The van der Waals surface area contributed by atoms with Gasteiger partial charge < -0.3 is 9.64 Å². The van der Waals surface area contributed by atoms with E-state index in [0.29, 0.717) is 11.1 Å². The highest BCUT2D eigenvalue weighted by Gasteiger charge is 2.19. The first-order chi connectivity index (χ1) is 9.24. The first-order valence-corrected chi connectivity index (χ1v) is 6.85. The number of aromatic nitrogens is 2. The van der Waals surface area contributed by atoms with E-state index in [9.17, 15) is 0 Å². The van der Waals surface area contributed by atoms with Crippen LogP contribution >= 0.6 is 11.6 Å². The van der Waals surface area contributed by atoms with E-state index in [1.165, 1.54) is 0 Å². The molecule has 1 aliphatic rings. The molecule has 0 saturated carbocycles. The molecule has 4 nitrogen and oxygen atoms in total. The minimum Gasteiger partial charge on any atom is -0.376 e. The van der Waals surface area contributed by atoms with Gasteiger partial charge >= 0.3 is 0 Å². The van der Waals surface area contributed by atoms with Crippen LogP contribution in [0.2, 0.25) is 5.02 Å². The van der Waals surface area contributed by atoms with Gasteiger partial charge in [-0.2, -0.15) is 0 Å². The quantitative estimate of drug-likeness (QED) is 0.865. The van der Waals surface area contributed by atoms with Crippen molar-refractivity contribution in [1.82, 2.24) is 9.97 Å². The van der Waals surface area contributed by atoms with Gasteiger partial charge in [-0.1, -0.05) is 11.6 Å². The summed E-state index contributed by atoms with van der Waals surface area (Å²) in [6.07, 6.45) is 4.17. The molecule has 1 aliphatic heterocycles. The third kappa shape index (κ3) is 2.65. The van der Waals surface area contributed by atoms with Crippen molar-refractivity contribution >= 4 is 28.3 Å². The molecule has 100 valence electrons. The van der Waals surface area contributed by atoms with E-state index in [2.05, 4.69) is 14.9 Å². The second-order valence-electron chi connectivity index (χ2n) is 4.87. The Morgan fingerprint density at radius 3 is 3.11 bits per heavy atom. The van der Waals surface area contributed by atoms with Crippen LogP contribution in [0.5, 0.6) is 0 Å². The van der Waals surface area contributed by atoms with Crippen molar-refractivity contribution in [2.45, 2.75) is 18.9 Å². The van der Waals surface area contributed by atoms with Crippen LogP contribution in [0.1, 0.15) is 12.8 Å². The molecular weight excluding hydrogens is 262 g/mol. The number of anilines is 1. The second-order valence-corrected chi connectivity index (χ2v) is 5.31. The zero-order chi connectivity index (χ0) is 13.2. The Hall–Kier alpha value is -1.39. The first-order valence-electron chi connectivity index (χ1n) is 6.47. The van der Waals surface area contributed by atoms with Crippen LogP contribution in [0.4, 0.5) is 5.82 Å². The molecule has 0 spiro atoms. The van der Waals surface area contributed by atoms with Crippen molar-refractivity contribution in [3.05, 3.63) is 29.5 Å². The molecule has 5 heteroatoms. The summed E-state index contributed by atoms with van der Waals surface area (Å²) >= 11 is 5.99. The summed E-state index contributed by atoms with van der Waals surface area (Å²) < 4.78 is 5.67. The van der Waals surface area contributed by atoms with Gasteiger partial charge in [-0.15, -0.1) is 0 Å². The van der Waals surface area contributed by atoms with E-state index in [0.717, 1.165) is 42.7 Å². The Kier molecular flexibility index (Phi) is 3.53. The third-order valence-corrected chi connectivity index (χ3v) is 3.68. The summed E-state index contributed by atoms with van der Waals surface area (Å²) in [5.74, 6) is 0.928. The van der Waals surface area contributed by atoms with Gasteiger partial charge in [0.1, 0.15) is 12.1 Å². The van der Waals surface area contributed by atoms with Gasteiger partial charge in [-0.05, 0) is 31.0 Å². The average molecular weight is 278 g/mol. The molecule has 2 heterocycles. The summed E-state index contributed by atoms with van der Waals surface area (Å²) in [6, 6.07) is 5.71. The molecule has 1 aromatic carbocycles. The number of nitrogens with zero attached hydrogens (tertiary/aromatic N) is 3. The molecule has 3 rings (SSSR count). The summed E-state index contributed by atoms with van der Waals surface area (Å²) in [5.41, 5.74) is 0.872. The highest BCUT2D eigenvalue weighted by atomic mass is 35.5. The van der Waals surface area contributed by atoms with Crippen molar-refractivity contribution in [3.8, 4) is 0 Å². The molecule has 1 fully saturated rings. The maximum Gasteiger partial charge on any atom is 0.139 e. The number of benzene rings is 1. The normalized spacial score (nSPS) is 18.9. The maximum absolute atomic E-state index is 5.99. The van der Waals surface area contributed by atoms with E-state index >= 15 is 0 Å². The lowest BCUT2D eigenvalue weighted by atomic mass is 10.2. The van der Waals surface area contributed by atoms with Crippen molar-refractivity contribution in [2.75, 3.05) is 25.1 Å². The Balaban J connectivity index is 1.90. The molecule has 1 unspecified atom stereocenters. The second kappa shape index (κ2) is 5.31. The van der Waals surface area contributed by atoms with E-state index in [-0.39, 0.29) is 0 Å². The zero-order valence-electron chi connectivity index (χ0n) is 10.8. The lowest BCUT2D eigenvalue weighted by Gasteiger charge is -2.22. The van der Waals surface area contributed by atoms with Crippen molar-refractivity contribution in [3.63, 3.8) is 0 Å². The standard InChI is InChI=1S/C14H16ClN3O/c1-18(8-11-3-2-6-19-11)14-12-5-4-10(15)7-13(12)16-9-17-14/h4-5,7,9,11H,2-3,6,8H2,1H3. The van der Waals surface area contributed by atoms with Crippen LogP contribution in [0.25, 0.3) is 10.9 Å². The number of hydrogen-bond donors (Lipinski definition) is 0. The van der Waals surface area contributed by atoms with Crippen molar-refractivity contribution in [2.24, 2.45) is 0 Å². The molecule has 1 saturated heterocycles. The predicted octanol–water partition coefficient (Wildman–Crippen LogP) is 2.90. The number of ether oxygens (including phenoxy) is 1. The molecule has 0 N–H and O–H groups in total. The number of halogens is 1. The molecule has 2 aromatic rings. The fraction of sp³-hybridized carbons (Fsp3) is 0.429. The number of rotatable bonds is 3. The van der Waals surface area contributed by atoms with Crippen LogP contribution in [0.3, 0.4) is 0 Å². The summed E-state index contributed by atoms with van der Waals surface area (Å²) in [5, 5.41) is 1.71. The maximum atomic E-state index is 5.99. The highest BCUT2D eigenvalue weighted by molar-refractivity contribution is 6.31. The molecule has 0 radical (unpaired) electrons. The lowest BCUT2D eigenvalue weighted by Crippen LogP contribution is -2.29. The SMILES string of the molecule is CN(CC1CCCO1)c1ncnc2cc(Cl)ccc12. The van der Waals surface area contributed by atoms with Crippen LogP contribution < -0.4 is 4.90 Å². The monoisotopic (exact) mass is 277 g/mol. The molecule has 0 amide bonds. The summed E-state index contributed by atoms with van der Waals surface area (Å²) in [7, 11) is 2.04. The minimum absolute atomic E-state index is 0.308. The predicted molar refractivity (Wildman–Crippen MR) is 76.8 cm³/mol. The number of hydrogen-bond acceptors (Lipinski definition) is 4. The Labute approximate surface area is 117 Å². The van der Waals surface area contributed by atoms with E-state index in [4.69, 9.17) is 16.3 Å². The summed E-state index contributed by atoms with van der Waals surface area (Å²) in [4.78, 5) is 10.8. The number of likely N-dealkylation sites (N-methyl/N-ethyl adjacent to an activating group) is 1. The van der Waals surface area contributed by atoms with Crippen LogP contribution in [0, 0.1) is 0 Å². The largest absolute Gasteiger partial charge is 0.376 e. The topological polar surface area (TPSA) is 38.2 Å². The highest BCUT2D eigenvalue weighted by Crippen LogP contribution is 2.25. The van der Waals surface area contributed by atoms with Crippen LogP contribution in [-0.2, 0) is 4.74 Å². The Morgan fingerprint density at radius 2 is 2.32 bits per heavy atom. The zero-order valence-corrected chi connectivity index (χ0v) is 11.6. The van der Waals surface area contributed by atoms with Crippen molar-refractivity contribution < 1.29 is 4.74 Å². The van der Waals surface area contributed by atoms with Gasteiger partial charge in [-0.25, -0.2) is 9.97 Å². The molecule has 19 heavy (non-hydrogen) atoms. The minimum atomic E-state index is 0.308. The fourth-order valence-corrected chi connectivity index (χ4v) is 2.67. The van der Waals surface area contributed by atoms with Gasteiger partial charge in [0.25, 0.3) is 0 Å². The molecule has 1 aromatic heterocycles. The van der Waals surface area contributed by atoms with Gasteiger partial charge in [0.05, 0.1) is 11.6 Å². The van der Waals surface area contributed by atoms with E-state index in [1.807, 2.05) is 25.2 Å². The first kappa shape index (κ1) is 12.6. The van der Waals surface area contributed by atoms with Gasteiger partial charge in [0.2, 0.25) is 0 Å². The van der Waals surface area contributed by atoms with Gasteiger partial charge in [0.15, 0.2) is 0 Å². The Morgan fingerprint density at radius 1 is 1.42 bits per heavy atom. The number of fused-ring (bicyclic) bond motifs is 1. The van der Waals surface area contributed by atoms with Gasteiger partial charge in [-0.3, -0.25) is 0 Å². The molecule has 0 bridgehead atoms. The molecule has 0 aliphatic carbocycles. The van der Waals surface area contributed by atoms with Crippen LogP contribution in [-0.4, -0.2) is 36.3 Å². The van der Waals surface area contributed by atoms with Crippen molar-refractivity contribution in [1.29, 1.82) is 0 Å².